The summed E-state index contributed by atoms with van der Waals surface area (Å²) in [5, 5.41) is 11.0. The minimum atomic E-state index is -3.03. The number of hydrogen-bond acceptors (Lipinski definition) is 5. The quantitative estimate of drug-likeness (QED) is 0.857. The van der Waals surface area contributed by atoms with Gasteiger partial charge in [0.05, 0.1) is 28.9 Å². The molecule has 1 aliphatic heterocycles. The highest BCUT2D eigenvalue weighted by atomic mass is 32.2. The molecule has 20 heavy (non-hydrogen) atoms. The standard InChI is InChI=1S/C13H24N4O2S/c1-3-8-17-11(10-15-16-17)13(14-4-2)12-7-5-6-9-20(12,18)19/h10,12-14H,3-9H2,1-2H3. The van der Waals surface area contributed by atoms with Crippen molar-refractivity contribution in [1.29, 1.82) is 0 Å². The second-order valence-electron chi connectivity index (χ2n) is 5.32. The Hall–Kier alpha value is -0.950. The van der Waals surface area contributed by atoms with Gasteiger partial charge in [-0.3, -0.25) is 0 Å². The molecule has 0 aliphatic carbocycles. The first-order valence-electron chi connectivity index (χ1n) is 7.43. The van der Waals surface area contributed by atoms with E-state index in [-0.39, 0.29) is 11.3 Å². The molecule has 0 aromatic carbocycles. The van der Waals surface area contributed by atoms with Crippen molar-refractivity contribution in [3.05, 3.63) is 11.9 Å². The lowest BCUT2D eigenvalue weighted by molar-refractivity contribution is 0.422. The number of hydrogen-bond donors (Lipinski definition) is 1. The lowest BCUT2D eigenvalue weighted by Gasteiger charge is -2.30. The maximum absolute atomic E-state index is 12.4. The highest BCUT2D eigenvalue weighted by Crippen LogP contribution is 2.30. The number of sulfone groups is 1. The largest absolute Gasteiger partial charge is 0.308 e. The lowest BCUT2D eigenvalue weighted by Crippen LogP contribution is -2.41. The minimum absolute atomic E-state index is 0.202. The van der Waals surface area contributed by atoms with Crippen LogP contribution in [0.25, 0.3) is 0 Å². The van der Waals surface area contributed by atoms with Gasteiger partial charge in [-0.2, -0.15) is 0 Å². The van der Waals surface area contributed by atoms with Gasteiger partial charge in [0.15, 0.2) is 9.84 Å². The molecule has 2 rings (SSSR count). The van der Waals surface area contributed by atoms with Gasteiger partial charge in [0.1, 0.15) is 0 Å². The van der Waals surface area contributed by atoms with Crippen LogP contribution in [0.2, 0.25) is 0 Å². The van der Waals surface area contributed by atoms with Crippen LogP contribution < -0.4 is 5.32 Å². The van der Waals surface area contributed by atoms with Gasteiger partial charge in [0.25, 0.3) is 0 Å². The minimum Gasteiger partial charge on any atom is -0.308 e. The van der Waals surface area contributed by atoms with Crippen molar-refractivity contribution in [2.45, 2.75) is 57.4 Å². The monoisotopic (exact) mass is 300 g/mol. The molecule has 0 spiro atoms. The fourth-order valence-corrected chi connectivity index (χ4v) is 4.98. The Balaban J connectivity index is 2.32. The molecule has 0 saturated carbocycles. The third kappa shape index (κ3) is 3.20. The number of nitrogens with zero attached hydrogens (tertiary/aromatic N) is 3. The van der Waals surface area contributed by atoms with E-state index in [2.05, 4.69) is 22.6 Å². The van der Waals surface area contributed by atoms with E-state index >= 15 is 0 Å². The van der Waals surface area contributed by atoms with Crippen molar-refractivity contribution in [1.82, 2.24) is 20.3 Å². The fraction of sp³-hybridized carbons (Fsp3) is 0.846. The van der Waals surface area contributed by atoms with Crippen LogP contribution in [0, 0.1) is 0 Å². The van der Waals surface area contributed by atoms with Gasteiger partial charge in [-0.15, -0.1) is 5.10 Å². The van der Waals surface area contributed by atoms with Crippen LogP contribution in [0.5, 0.6) is 0 Å². The van der Waals surface area contributed by atoms with Crippen LogP contribution >= 0.6 is 0 Å². The lowest BCUT2D eigenvalue weighted by atomic mass is 10.0. The molecule has 2 unspecified atom stereocenters. The molecule has 1 aliphatic rings. The van der Waals surface area contributed by atoms with E-state index in [4.69, 9.17) is 0 Å². The van der Waals surface area contributed by atoms with E-state index in [1.165, 1.54) is 0 Å². The number of aromatic nitrogens is 3. The van der Waals surface area contributed by atoms with E-state index in [0.29, 0.717) is 5.75 Å². The second kappa shape index (κ2) is 6.67. The average Bonchev–Trinajstić information content (AvgIpc) is 2.85. The first-order chi connectivity index (χ1) is 9.60. The Kier molecular flexibility index (Phi) is 5.15. The molecule has 2 heterocycles. The summed E-state index contributed by atoms with van der Waals surface area (Å²) in [6.45, 7) is 5.57. The van der Waals surface area contributed by atoms with Gasteiger partial charge < -0.3 is 5.32 Å². The molecule has 7 heteroatoms. The average molecular weight is 300 g/mol. The Morgan fingerprint density at radius 3 is 2.90 bits per heavy atom. The molecule has 1 fully saturated rings. The van der Waals surface area contributed by atoms with Crippen LogP contribution in [0.3, 0.4) is 0 Å². The predicted octanol–water partition coefficient (Wildman–Crippen LogP) is 1.31. The van der Waals surface area contributed by atoms with Crippen LogP contribution in [-0.4, -0.2) is 41.0 Å². The first kappa shape index (κ1) is 15.4. The first-order valence-corrected chi connectivity index (χ1v) is 9.15. The number of aryl methyl sites for hydroxylation is 1. The zero-order valence-corrected chi connectivity index (χ0v) is 13.1. The van der Waals surface area contributed by atoms with Crippen molar-refractivity contribution in [3.8, 4) is 0 Å². The maximum Gasteiger partial charge on any atom is 0.155 e. The smallest absolute Gasteiger partial charge is 0.155 e. The van der Waals surface area contributed by atoms with Crippen LogP contribution in [0.15, 0.2) is 6.20 Å². The van der Waals surface area contributed by atoms with Crippen molar-refractivity contribution >= 4 is 9.84 Å². The van der Waals surface area contributed by atoms with Crippen LogP contribution in [0.1, 0.15) is 51.3 Å². The van der Waals surface area contributed by atoms with Gasteiger partial charge in [-0.25, -0.2) is 13.1 Å². The SMILES string of the molecule is CCCn1nncc1C(NCC)C1CCCCS1(=O)=O. The summed E-state index contributed by atoms with van der Waals surface area (Å²) in [6, 6.07) is -0.202. The van der Waals surface area contributed by atoms with E-state index in [0.717, 1.165) is 44.5 Å². The van der Waals surface area contributed by atoms with E-state index < -0.39 is 9.84 Å². The number of rotatable bonds is 6. The summed E-state index contributed by atoms with van der Waals surface area (Å²) in [4.78, 5) is 0. The zero-order valence-electron chi connectivity index (χ0n) is 12.2. The molecule has 1 aromatic heterocycles. The summed E-state index contributed by atoms with van der Waals surface area (Å²) in [5.74, 6) is 0.301. The molecule has 1 N–H and O–H groups in total. The molecular formula is C13H24N4O2S. The Bertz CT molecular complexity index is 526. The highest BCUT2D eigenvalue weighted by Gasteiger charge is 2.37. The zero-order chi connectivity index (χ0) is 14.6. The molecule has 2 atom stereocenters. The van der Waals surface area contributed by atoms with Crippen molar-refractivity contribution in [2.75, 3.05) is 12.3 Å². The maximum atomic E-state index is 12.4. The second-order valence-corrected chi connectivity index (χ2v) is 7.66. The molecule has 0 radical (unpaired) electrons. The van der Waals surface area contributed by atoms with E-state index in [1.54, 1.807) is 6.20 Å². The van der Waals surface area contributed by atoms with Gasteiger partial charge in [-0.05, 0) is 25.8 Å². The highest BCUT2D eigenvalue weighted by molar-refractivity contribution is 7.92. The summed E-state index contributed by atoms with van der Waals surface area (Å²) in [5.41, 5.74) is 0.893. The molecule has 1 saturated heterocycles. The predicted molar refractivity (Wildman–Crippen MR) is 78.2 cm³/mol. The van der Waals surface area contributed by atoms with Crippen molar-refractivity contribution in [2.24, 2.45) is 0 Å². The summed E-state index contributed by atoms with van der Waals surface area (Å²) >= 11 is 0. The fourth-order valence-electron chi connectivity index (χ4n) is 2.89. The van der Waals surface area contributed by atoms with Gasteiger partial charge in [0.2, 0.25) is 0 Å². The van der Waals surface area contributed by atoms with Crippen LogP contribution in [-0.2, 0) is 16.4 Å². The van der Waals surface area contributed by atoms with E-state index in [1.807, 2.05) is 11.6 Å². The Morgan fingerprint density at radius 2 is 2.25 bits per heavy atom. The molecule has 1 aromatic rings. The number of nitrogens with one attached hydrogen (secondary N) is 1. The Labute approximate surface area is 120 Å². The summed E-state index contributed by atoms with van der Waals surface area (Å²) in [6.07, 6.45) is 5.13. The van der Waals surface area contributed by atoms with Crippen LogP contribution in [0.4, 0.5) is 0 Å². The molecule has 0 bridgehead atoms. The third-order valence-corrected chi connectivity index (χ3v) is 6.11. The van der Waals surface area contributed by atoms with Gasteiger partial charge in [0, 0.05) is 6.54 Å². The third-order valence-electron chi connectivity index (χ3n) is 3.83. The summed E-state index contributed by atoms with van der Waals surface area (Å²) in [7, 11) is -3.03. The van der Waals surface area contributed by atoms with Crippen molar-refractivity contribution in [3.63, 3.8) is 0 Å². The Morgan fingerprint density at radius 1 is 1.45 bits per heavy atom. The molecule has 6 nitrogen and oxygen atoms in total. The van der Waals surface area contributed by atoms with Crippen molar-refractivity contribution < 1.29 is 8.42 Å². The van der Waals surface area contributed by atoms with Gasteiger partial charge >= 0.3 is 0 Å². The molecule has 0 amide bonds. The van der Waals surface area contributed by atoms with Gasteiger partial charge in [-0.1, -0.05) is 25.5 Å². The molecule has 114 valence electrons. The normalized spacial score (nSPS) is 23.6. The van der Waals surface area contributed by atoms with E-state index in [9.17, 15) is 8.42 Å². The summed E-state index contributed by atoms with van der Waals surface area (Å²) < 4.78 is 26.6. The topological polar surface area (TPSA) is 76.9 Å². The molecular weight excluding hydrogens is 276 g/mol.